The summed E-state index contributed by atoms with van der Waals surface area (Å²) in [5.41, 5.74) is 4.93. The van der Waals surface area contributed by atoms with Crippen molar-refractivity contribution in [3.05, 3.63) is 40.5 Å². The average Bonchev–Trinajstić information content (AvgIpc) is 2.70. The summed E-state index contributed by atoms with van der Waals surface area (Å²) in [7, 11) is 0. The van der Waals surface area contributed by atoms with E-state index in [2.05, 4.69) is 4.98 Å². The third kappa shape index (κ3) is 1.72. The van der Waals surface area contributed by atoms with E-state index in [1.807, 2.05) is 32.0 Å². The van der Waals surface area contributed by atoms with Crippen LogP contribution >= 0.6 is 11.3 Å². The molecule has 2 rings (SSSR count). The van der Waals surface area contributed by atoms with Gasteiger partial charge in [-0.3, -0.25) is 0 Å². The fourth-order valence-electron chi connectivity index (χ4n) is 1.59. The lowest BCUT2D eigenvalue weighted by Gasteiger charge is -2.06. The highest BCUT2D eigenvalue weighted by Gasteiger charge is 2.16. The molecule has 4 heteroatoms. The number of hydrogen-bond acceptors (Lipinski definition) is 3. The van der Waals surface area contributed by atoms with Gasteiger partial charge in [0.15, 0.2) is 5.69 Å². The van der Waals surface area contributed by atoms with E-state index in [0.717, 1.165) is 21.6 Å². The first-order valence-corrected chi connectivity index (χ1v) is 5.72. The number of carboxylic acids is 1. The van der Waals surface area contributed by atoms with E-state index in [1.165, 1.54) is 11.3 Å². The molecule has 0 fully saturated rings. The third-order valence-electron chi connectivity index (χ3n) is 2.62. The summed E-state index contributed by atoms with van der Waals surface area (Å²) in [6, 6.07) is 5.88. The van der Waals surface area contributed by atoms with Crippen LogP contribution in [-0.4, -0.2) is 16.1 Å². The molecule has 0 aliphatic rings. The average molecular weight is 233 g/mol. The summed E-state index contributed by atoms with van der Waals surface area (Å²) in [5.74, 6) is -0.975. The Bertz CT molecular complexity index is 546. The highest BCUT2D eigenvalue weighted by atomic mass is 32.1. The molecule has 0 unspecified atom stereocenters. The number of carboxylic acid groups (broad SMARTS) is 1. The molecule has 1 N–H and O–H groups in total. The number of aromatic nitrogens is 1. The van der Waals surface area contributed by atoms with Crippen LogP contribution in [0.15, 0.2) is 23.7 Å². The highest BCUT2D eigenvalue weighted by Crippen LogP contribution is 2.31. The Morgan fingerprint density at radius 1 is 1.38 bits per heavy atom. The molecule has 2 aromatic rings. The van der Waals surface area contributed by atoms with E-state index >= 15 is 0 Å². The summed E-state index contributed by atoms with van der Waals surface area (Å²) in [6.07, 6.45) is 0. The molecule has 82 valence electrons. The van der Waals surface area contributed by atoms with Gasteiger partial charge in [-0.15, -0.1) is 11.3 Å². The van der Waals surface area contributed by atoms with E-state index in [1.54, 1.807) is 5.51 Å². The molecule has 1 heterocycles. The van der Waals surface area contributed by atoms with Gasteiger partial charge in [0, 0.05) is 0 Å². The number of carbonyl (C=O) groups is 1. The molecule has 0 spiro atoms. The number of rotatable bonds is 2. The number of nitrogens with zero attached hydrogens (tertiary/aromatic N) is 1. The Kier molecular flexibility index (Phi) is 2.75. The summed E-state index contributed by atoms with van der Waals surface area (Å²) in [6.45, 7) is 4.01. The van der Waals surface area contributed by atoms with E-state index in [0.29, 0.717) is 0 Å². The van der Waals surface area contributed by atoms with Gasteiger partial charge < -0.3 is 5.11 Å². The maximum atomic E-state index is 11.0. The van der Waals surface area contributed by atoms with Crippen LogP contribution in [0.1, 0.15) is 21.6 Å². The number of hydrogen-bond donors (Lipinski definition) is 1. The number of aryl methyl sites for hydroxylation is 1. The molecule has 0 saturated carbocycles. The smallest absolute Gasteiger partial charge is 0.356 e. The van der Waals surface area contributed by atoms with E-state index in [4.69, 9.17) is 5.11 Å². The van der Waals surface area contributed by atoms with Crippen molar-refractivity contribution in [2.45, 2.75) is 13.8 Å². The lowest BCUT2D eigenvalue weighted by atomic mass is 10.0. The Hall–Kier alpha value is -1.68. The molecule has 0 atom stereocenters. The monoisotopic (exact) mass is 233 g/mol. The van der Waals surface area contributed by atoms with Gasteiger partial charge in [-0.1, -0.05) is 18.2 Å². The lowest BCUT2D eigenvalue weighted by Crippen LogP contribution is -1.99. The molecule has 0 amide bonds. The summed E-state index contributed by atoms with van der Waals surface area (Å²) >= 11 is 1.36. The van der Waals surface area contributed by atoms with Crippen molar-refractivity contribution < 1.29 is 9.90 Å². The van der Waals surface area contributed by atoms with Crippen LogP contribution in [0, 0.1) is 13.8 Å². The van der Waals surface area contributed by atoms with Crippen LogP contribution in [0.3, 0.4) is 0 Å². The maximum absolute atomic E-state index is 11.0. The largest absolute Gasteiger partial charge is 0.476 e. The first kappa shape index (κ1) is 10.8. The van der Waals surface area contributed by atoms with Crippen molar-refractivity contribution in [3.63, 3.8) is 0 Å². The van der Waals surface area contributed by atoms with Gasteiger partial charge in [0.1, 0.15) is 0 Å². The minimum Gasteiger partial charge on any atom is -0.476 e. The van der Waals surface area contributed by atoms with Crippen molar-refractivity contribution in [3.8, 4) is 10.4 Å². The second-order valence-electron chi connectivity index (χ2n) is 3.58. The minimum atomic E-state index is -0.975. The first-order valence-electron chi connectivity index (χ1n) is 4.84. The fraction of sp³-hybridized carbons (Fsp3) is 0.167. The lowest BCUT2D eigenvalue weighted by molar-refractivity contribution is 0.0692. The SMILES string of the molecule is Cc1cccc(-c2scnc2C(=O)O)c1C. The van der Waals surface area contributed by atoms with Crippen molar-refractivity contribution >= 4 is 17.3 Å². The Morgan fingerprint density at radius 3 is 2.81 bits per heavy atom. The molecule has 0 aliphatic carbocycles. The second kappa shape index (κ2) is 4.06. The van der Waals surface area contributed by atoms with Gasteiger partial charge in [-0.05, 0) is 30.5 Å². The molecular formula is C12H11NO2S. The zero-order valence-corrected chi connectivity index (χ0v) is 9.84. The molecule has 1 aromatic carbocycles. The number of thiazole rings is 1. The zero-order valence-electron chi connectivity index (χ0n) is 9.02. The molecule has 0 aliphatic heterocycles. The topological polar surface area (TPSA) is 50.2 Å². The molecule has 16 heavy (non-hydrogen) atoms. The van der Waals surface area contributed by atoms with E-state index in [9.17, 15) is 4.79 Å². The number of benzene rings is 1. The van der Waals surface area contributed by atoms with Gasteiger partial charge in [0.25, 0.3) is 0 Å². The molecule has 0 bridgehead atoms. The van der Waals surface area contributed by atoms with Gasteiger partial charge in [0.2, 0.25) is 0 Å². The van der Waals surface area contributed by atoms with Crippen molar-refractivity contribution in [1.82, 2.24) is 4.98 Å². The van der Waals surface area contributed by atoms with Crippen molar-refractivity contribution in [1.29, 1.82) is 0 Å². The van der Waals surface area contributed by atoms with Crippen LogP contribution in [-0.2, 0) is 0 Å². The summed E-state index contributed by atoms with van der Waals surface area (Å²) < 4.78 is 0. The second-order valence-corrected chi connectivity index (χ2v) is 4.44. The molecule has 3 nitrogen and oxygen atoms in total. The van der Waals surface area contributed by atoms with Crippen LogP contribution < -0.4 is 0 Å². The Morgan fingerprint density at radius 2 is 2.12 bits per heavy atom. The van der Waals surface area contributed by atoms with Gasteiger partial charge in [-0.25, -0.2) is 9.78 Å². The van der Waals surface area contributed by atoms with Gasteiger partial charge >= 0.3 is 5.97 Å². The predicted molar refractivity (Wildman–Crippen MR) is 64.0 cm³/mol. The summed E-state index contributed by atoms with van der Waals surface area (Å²) in [5, 5.41) is 9.02. The zero-order chi connectivity index (χ0) is 11.7. The van der Waals surface area contributed by atoms with Crippen LogP contribution in [0.25, 0.3) is 10.4 Å². The van der Waals surface area contributed by atoms with Crippen LogP contribution in [0.4, 0.5) is 0 Å². The Labute approximate surface area is 97.4 Å². The maximum Gasteiger partial charge on any atom is 0.356 e. The standard InChI is InChI=1S/C12H11NO2S/c1-7-4-3-5-9(8(7)2)11-10(12(14)15)13-6-16-11/h3-6H,1-2H3,(H,14,15). The van der Waals surface area contributed by atoms with Crippen molar-refractivity contribution in [2.24, 2.45) is 0 Å². The Balaban J connectivity index is 2.63. The van der Waals surface area contributed by atoms with E-state index in [-0.39, 0.29) is 5.69 Å². The van der Waals surface area contributed by atoms with Gasteiger partial charge in [-0.2, -0.15) is 0 Å². The fourth-order valence-corrected chi connectivity index (χ4v) is 2.45. The molecule has 1 aromatic heterocycles. The van der Waals surface area contributed by atoms with Crippen LogP contribution in [0.2, 0.25) is 0 Å². The molecular weight excluding hydrogens is 222 g/mol. The molecule has 0 saturated heterocycles. The van der Waals surface area contributed by atoms with Crippen molar-refractivity contribution in [2.75, 3.05) is 0 Å². The number of aromatic carboxylic acids is 1. The molecule has 0 radical (unpaired) electrons. The van der Waals surface area contributed by atoms with Crippen LogP contribution in [0.5, 0.6) is 0 Å². The van der Waals surface area contributed by atoms with E-state index < -0.39 is 5.97 Å². The first-order chi connectivity index (χ1) is 7.61. The predicted octanol–water partition coefficient (Wildman–Crippen LogP) is 3.13. The minimum absolute atomic E-state index is 0.138. The normalized spacial score (nSPS) is 10.4. The van der Waals surface area contributed by atoms with Gasteiger partial charge in [0.05, 0.1) is 10.4 Å². The summed E-state index contributed by atoms with van der Waals surface area (Å²) in [4.78, 5) is 15.6. The quantitative estimate of drug-likeness (QED) is 0.867. The highest BCUT2D eigenvalue weighted by molar-refractivity contribution is 7.13. The third-order valence-corrected chi connectivity index (χ3v) is 3.48.